The number of aromatic nitrogens is 3. The Bertz CT molecular complexity index is 1470. The molecule has 0 bridgehead atoms. The van der Waals surface area contributed by atoms with E-state index in [-0.39, 0.29) is 4.90 Å². The van der Waals surface area contributed by atoms with Gasteiger partial charge in [-0.1, -0.05) is 54.2 Å². The molecular weight excluding hydrogens is 478 g/mol. The van der Waals surface area contributed by atoms with Gasteiger partial charge in [-0.25, -0.2) is 8.42 Å². The molecule has 4 aromatic rings. The van der Waals surface area contributed by atoms with E-state index in [1.165, 1.54) is 11.8 Å². The number of para-hydroxylation sites is 1. The Morgan fingerprint density at radius 1 is 0.914 bits per heavy atom. The largest absolute Gasteiger partial charge is 0.270 e. The summed E-state index contributed by atoms with van der Waals surface area (Å²) >= 11 is 1.53. The fourth-order valence-corrected chi connectivity index (χ4v) is 6.53. The molecule has 0 amide bonds. The van der Waals surface area contributed by atoms with Crippen molar-refractivity contribution in [3.05, 3.63) is 90.0 Å². The first-order chi connectivity index (χ1) is 17.1. The zero-order valence-corrected chi connectivity index (χ0v) is 20.5. The first kappa shape index (κ1) is 23.3. The Labute approximate surface area is 209 Å². The van der Waals surface area contributed by atoms with E-state index < -0.39 is 10.0 Å². The Balaban J connectivity index is 1.51. The van der Waals surface area contributed by atoms with Crippen molar-refractivity contribution in [3.63, 3.8) is 0 Å². The molecule has 2 heterocycles. The van der Waals surface area contributed by atoms with Gasteiger partial charge in [0.2, 0.25) is 10.0 Å². The Morgan fingerprint density at radius 2 is 1.66 bits per heavy atom. The maximum atomic E-state index is 13.1. The molecule has 0 saturated carbocycles. The van der Waals surface area contributed by atoms with Gasteiger partial charge in [-0.15, -0.1) is 10.2 Å². The third kappa shape index (κ3) is 4.86. The molecule has 9 heteroatoms. The summed E-state index contributed by atoms with van der Waals surface area (Å²) in [6.45, 7) is 1.12. The number of nitriles is 1. The molecule has 5 rings (SSSR count). The summed E-state index contributed by atoms with van der Waals surface area (Å²) in [4.78, 5) is 0.270. The number of hydrogen-bond acceptors (Lipinski definition) is 6. The van der Waals surface area contributed by atoms with Crippen molar-refractivity contribution in [3.8, 4) is 23.1 Å². The molecule has 0 unspecified atom stereocenters. The van der Waals surface area contributed by atoms with Gasteiger partial charge in [0.05, 0.1) is 16.5 Å². The van der Waals surface area contributed by atoms with Crippen molar-refractivity contribution in [2.24, 2.45) is 0 Å². The second-order valence-corrected chi connectivity index (χ2v) is 11.1. The van der Waals surface area contributed by atoms with Gasteiger partial charge in [0.25, 0.3) is 0 Å². The fourth-order valence-electron chi connectivity index (χ4n) is 4.06. The Hall–Kier alpha value is -3.45. The maximum absolute atomic E-state index is 13.1. The molecule has 35 heavy (non-hydrogen) atoms. The molecule has 0 aliphatic carbocycles. The smallest absolute Gasteiger partial charge is 0.243 e. The molecule has 0 spiro atoms. The second-order valence-electron chi connectivity index (χ2n) is 8.21. The Morgan fingerprint density at radius 3 is 2.37 bits per heavy atom. The van der Waals surface area contributed by atoms with Crippen LogP contribution in [-0.2, 0) is 15.8 Å². The van der Waals surface area contributed by atoms with E-state index in [0.29, 0.717) is 41.0 Å². The lowest BCUT2D eigenvalue weighted by Crippen LogP contribution is -2.27. The molecule has 0 atom stereocenters. The number of nitrogens with zero attached hydrogens (tertiary/aromatic N) is 5. The number of hydrogen-bond donors (Lipinski definition) is 0. The molecule has 7 nitrogen and oxygen atoms in total. The summed E-state index contributed by atoms with van der Waals surface area (Å²) in [6.07, 6.45) is 1.78. The van der Waals surface area contributed by atoms with Crippen LogP contribution < -0.4 is 0 Å². The lowest BCUT2D eigenvalue weighted by molar-refractivity contribution is 0.477. The number of benzene rings is 3. The SMILES string of the molecule is N#Cc1ccc(CSc2nnc(-c3cccc(S(=O)(=O)N4CCCC4)c3)n2-c2ccccc2)cc1. The van der Waals surface area contributed by atoms with Crippen molar-refractivity contribution in [2.75, 3.05) is 13.1 Å². The van der Waals surface area contributed by atoms with Gasteiger partial charge in [-0.2, -0.15) is 9.57 Å². The minimum atomic E-state index is -3.54. The monoisotopic (exact) mass is 501 g/mol. The van der Waals surface area contributed by atoms with E-state index in [2.05, 4.69) is 16.3 Å². The van der Waals surface area contributed by atoms with Crippen LogP contribution in [-0.4, -0.2) is 40.6 Å². The zero-order chi connectivity index (χ0) is 24.3. The third-order valence-electron chi connectivity index (χ3n) is 5.89. The van der Waals surface area contributed by atoms with E-state index >= 15 is 0 Å². The van der Waals surface area contributed by atoms with E-state index in [0.717, 1.165) is 24.1 Å². The minimum Gasteiger partial charge on any atom is -0.270 e. The fraction of sp³-hybridized carbons (Fsp3) is 0.192. The lowest BCUT2D eigenvalue weighted by Gasteiger charge is -2.16. The molecule has 1 aromatic heterocycles. The highest BCUT2D eigenvalue weighted by Gasteiger charge is 2.28. The average molecular weight is 502 g/mol. The maximum Gasteiger partial charge on any atom is 0.243 e. The van der Waals surface area contributed by atoms with Crippen LogP contribution in [0.3, 0.4) is 0 Å². The molecular formula is C26H23N5O2S2. The lowest BCUT2D eigenvalue weighted by atomic mass is 10.2. The molecule has 1 saturated heterocycles. The van der Waals surface area contributed by atoms with Crippen molar-refractivity contribution in [1.82, 2.24) is 19.1 Å². The molecule has 0 radical (unpaired) electrons. The van der Waals surface area contributed by atoms with Crippen molar-refractivity contribution in [2.45, 2.75) is 28.6 Å². The predicted molar refractivity (Wildman–Crippen MR) is 136 cm³/mol. The van der Waals surface area contributed by atoms with Crippen molar-refractivity contribution < 1.29 is 8.42 Å². The van der Waals surface area contributed by atoms with Gasteiger partial charge >= 0.3 is 0 Å². The first-order valence-electron chi connectivity index (χ1n) is 11.3. The summed E-state index contributed by atoms with van der Waals surface area (Å²) < 4.78 is 29.8. The van der Waals surface area contributed by atoms with E-state index in [1.807, 2.05) is 53.1 Å². The average Bonchev–Trinajstić information content (AvgIpc) is 3.59. The Kier molecular flexibility index (Phi) is 6.68. The van der Waals surface area contributed by atoms with Crippen LogP contribution in [0.15, 0.2) is 88.9 Å². The summed E-state index contributed by atoms with van der Waals surface area (Å²) in [5.41, 5.74) is 3.27. The number of thioether (sulfide) groups is 1. The van der Waals surface area contributed by atoms with Gasteiger partial charge in [0, 0.05) is 30.1 Å². The topological polar surface area (TPSA) is 91.9 Å². The molecule has 3 aromatic carbocycles. The number of sulfonamides is 1. The van der Waals surface area contributed by atoms with E-state index in [4.69, 9.17) is 5.26 Å². The highest BCUT2D eigenvalue weighted by atomic mass is 32.2. The standard InChI is InChI=1S/C26H23N5O2S2/c27-18-20-11-13-21(14-12-20)19-34-26-29-28-25(31(26)23-8-2-1-3-9-23)22-7-6-10-24(17-22)35(32,33)30-15-4-5-16-30/h1-3,6-14,17H,4-5,15-16,19H2. The normalized spacial score (nSPS) is 14.1. The molecule has 1 aliphatic heterocycles. The predicted octanol–water partition coefficient (Wildman–Crippen LogP) is 4.88. The molecule has 1 aliphatic rings. The van der Waals surface area contributed by atoms with Crippen LogP contribution >= 0.6 is 11.8 Å². The van der Waals surface area contributed by atoms with Gasteiger partial charge in [-0.05, 0) is 54.8 Å². The van der Waals surface area contributed by atoms with Crippen LogP contribution in [0, 0.1) is 11.3 Å². The van der Waals surface area contributed by atoms with Crippen LogP contribution in [0.4, 0.5) is 0 Å². The zero-order valence-electron chi connectivity index (χ0n) is 18.9. The van der Waals surface area contributed by atoms with Gasteiger partial charge in [0.15, 0.2) is 11.0 Å². The first-order valence-corrected chi connectivity index (χ1v) is 13.7. The third-order valence-corrected chi connectivity index (χ3v) is 8.79. The van der Waals surface area contributed by atoms with E-state index in [1.54, 1.807) is 34.6 Å². The van der Waals surface area contributed by atoms with Crippen LogP contribution in [0.25, 0.3) is 17.1 Å². The molecule has 1 fully saturated rings. The van der Waals surface area contributed by atoms with Gasteiger partial charge in [0.1, 0.15) is 0 Å². The highest BCUT2D eigenvalue weighted by Crippen LogP contribution is 2.31. The second kappa shape index (κ2) is 10.0. The summed E-state index contributed by atoms with van der Waals surface area (Å²) in [5.74, 6) is 1.23. The summed E-state index contributed by atoms with van der Waals surface area (Å²) in [5, 5.41) is 18.6. The van der Waals surface area contributed by atoms with Gasteiger partial charge < -0.3 is 0 Å². The van der Waals surface area contributed by atoms with Crippen molar-refractivity contribution in [1.29, 1.82) is 5.26 Å². The summed E-state index contributed by atoms with van der Waals surface area (Å²) in [6, 6.07) is 26.3. The molecule has 176 valence electrons. The minimum absolute atomic E-state index is 0.270. The van der Waals surface area contributed by atoms with E-state index in [9.17, 15) is 8.42 Å². The van der Waals surface area contributed by atoms with Crippen LogP contribution in [0.5, 0.6) is 0 Å². The highest BCUT2D eigenvalue weighted by molar-refractivity contribution is 7.98. The van der Waals surface area contributed by atoms with Crippen LogP contribution in [0.1, 0.15) is 24.0 Å². The summed E-state index contributed by atoms with van der Waals surface area (Å²) in [7, 11) is -3.54. The van der Waals surface area contributed by atoms with Crippen LogP contribution in [0.2, 0.25) is 0 Å². The quantitative estimate of drug-likeness (QED) is 0.335. The number of rotatable bonds is 7. The molecule has 0 N–H and O–H groups in total. The van der Waals surface area contributed by atoms with Crippen molar-refractivity contribution >= 4 is 21.8 Å². The van der Waals surface area contributed by atoms with Gasteiger partial charge in [-0.3, -0.25) is 4.57 Å².